The lowest BCUT2D eigenvalue weighted by Gasteiger charge is -2.41. The smallest absolute Gasteiger partial charge is 0.230 e. The molecule has 1 aromatic heterocycles. The van der Waals surface area contributed by atoms with Gasteiger partial charge in [-0.05, 0) is 33.4 Å². The Hall–Kier alpha value is -2.14. The average Bonchev–Trinajstić information content (AvgIpc) is 3.03. The van der Waals surface area contributed by atoms with Gasteiger partial charge in [0.1, 0.15) is 11.5 Å². The maximum absolute atomic E-state index is 12.9. The Labute approximate surface area is 149 Å². The van der Waals surface area contributed by atoms with E-state index in [1.807, 2.05) is 32.3 Å². The van der Waals surface area contributed by atoms with Crippen molar-refractivity contribution in [1.82, 2.24) is 15.0 Å². The Morgan fingerprint density at radius 2 is 2.04 bits per heavy atom. The van der Waals surface area contributed by atoms with Crippen molar-refractivity contribution < 1.29 is 9.32 Å². The van der Waals surface area contributed by atoms with Gasteiger partial charge in [-0.3, -0.25) is 4.79 Å². The molecule has 3 rings (SSSR count). The molecule has 0 saturated carbocycles. The van der Waals surface area contributed by atoms with E-state index in [0.717, 1.165) is 42.9 Å². The summed E-state index contributed by atoms with van der Waals surface area (Å²) in [6.45, 7) is 3.85. The van der Waals surface area contributed by atoms with Gasteiger partial charge >= 0.3 is 0 Å². The first-order chi connectivity index (χ1) is 11.9. The highest BCUT2D eigenvalue weighted by molar-refractivity contribution is 5.83. The van der Waals surface area contributed by atoms with Crippen molar-refractivity contribution in [3.8, 4) is 11.3 Å². The van der Waals surface area contributed by atoms with Gasteiger partial charge in [-0.15, -0.1) is 0 Å². The van der Waals surface area contributed by atoms with E-state index in [2.05, 4.69) is 36.2 Å². The molecule has 0 N–H and O–H groups in total. The summed E-state index contributed by atoms with van der Waals surface area (Å²) < 4.78 is 5.60. The normalized spacial score (nSPS) is 21.3. The summed E-state index contributed by atoms with van der Waals surface area (Å²) >= 11 is 0. The van der Waals surface area contributed by atoms with Gasteiger partial charge in [0.15, 0.2) is 0 Å². The van der Waals surface area contributed by atoms with Gasteiger partial charge in [0.25, 0.3) is 0 Å². The lowest BCUT2D eigenvalue weighted by atomic mass is 9.75. The number of piperidine rings is 1. The molecule has 0 radical (unpaired) electrons. The van der Waals surface area contributed by atoms with Crippen LogP contribution in [-0.2, 0) is 11.2 Å². The van der Waals surface area contributed by atoms with E-state index in [-0.39, 0.29) is 5.91 Å². The van der Waals surface area contributed by atoms with Crippen LogP contribution >= 0.6 is 0 Å². The van der Waals surface area contributed by atoms with E-state index in [4.69, 9.17) is 4.52 Å². The number of benzene rings is 1. The third-order valence-corrected chi connectivity index (χ3v) is 5.05. The maximum atomic E-state index is 12.9. The first kappa shape index (κ1) is 17.7. The third kappa shape index (κ3) is 3.76. The zero-order valence-corrected chi connectivity index (χ0v) is 15.6. The fourth-order valence-electron chi connectivity index (χ4n) is 3.82. The fourth-order valence-corrected chi connectivity index (χ4v) is 3.82. The zero-order valence-electron chi connectivity index (χ0n) is 15.6. The first-order valence-corrected chi connectivity index (χ1v) is 8.83. The molecule has 1 amide bonds. The Bertz CT molecular complexity index is 736. The predicted molar refractivity (Wildman–Crippen MR) is 98.2 cm³/mol. The van der Waals surface area contributed by atoms with Crippen LogP contribution in [0.5, 0.6) is 0 Å². The van der Waals surface area contributed by atoms with Crippen LogP contribution in [0, 0.1) is 12.3 Å². The summed E-state index contributed by atoms with van der Waals surface area (Å²) in [5, 5.41) is 4.22. The summed E-state index contributed by atoms with van der Waals surface area (Å²) in [6.07, 6.45) is 2.50. The largest absolute Gasteiger partial charge is 0.361 e. The van der Waals surface area contributed by atoms with Crippen LogP contribution in [-0.4, -0.2) is 55.1 Å². The second-order valence-electron chi connectivity index (χ2n) is 7.54. The van der Waals surface area contributed by atoms with E-state index < -0.39 is 5.41 Å². The Kier molecular flexibility index (Phi) is 4.95. The number of aromatic nitrogens is 1. The van der Waals surface area contributed by atoms with Gasteiger partial charge in [0, 0.05) is 38.7 Å². The third-order valence-electron chi connectivity index (χ3n) is 5.05. The Balaban J connectivity index is 1.85. The van der Waals surface area contributed by atoms with E-state index in [1.165, 1.54) is 5.56 Å². The Morgan fingerprint density at radius 1 is 1.32 bits per heavy atom. The quantitative estimate of drug-likeness (QED) is 0.858. The minimum atomic E-state index is -0.430. The number of aryl methyl sites for hydroxylation is 1. The second kappa shape index (κ2) is 7.00. The van der Waals surface area contributed by atoms with E-state index in [0.29, 0.717) is 6.42 Å². The molecule has 1 fully saturated rings. The number of likely N-dealkylation sites (tertiary alicyclic amines) is 1. The highest BCUT2D eigenvalue weighted by Gasteiger charge is 2.43. The monoisotopic (exact) mass is 341 g/mol. The van der Waals surface area contributed by atoms with Crippen LogP contribution in [0.25, 0.3) is 11.3 Å². The highest BCUT2D eigenvalue weighted by atomic mass is 16.5. The molecule has 5 nitrogen and oxygen atoms in total. The number of nitrogens with zero attached hydrogens (tertiary/aromatic N) is 3. The van der Waals surface area contributed by atoms with Crippen molar-refractivity contribution in [3.63, 3.8) is 0 Å². The molecule has 2 heterocycles. The van der Waals surface area contributed by atoms with Crippen LogP contribution in [0.3, 0.4) is 0 Å². The molecule has 1 saturated heterocycles. The summed E-state index contributed by atoms with van der Waals surface area (Å²) in [6, 6.07) is 10.2. The van der Waals surface area contributed by atoms with Crippen molar-refractivity contribution in [2.45, 2.75) is 26.2 Å². The number of hydrogen-bond donors (Lipinski definition) is 0. The second-order valence-corrected chi connectivity index (χ2v) is 7.54. The standard InChI is InChI=1S/C20H27N3O2/c1-15-6-8-16(9-7-15)18-12-17(25-21-18)13-20(19(24)22(2)3)10-5-11-23(4)14-20/h6-9,12H,5,10-11,13-14H2,1-4H3. The van der Waals surface area contributed by atoms with Crippen LogP contribution in [0.4, 0.5) is 0 Å². The minimum Gasteiger partial charge on any atom is -0.361 e. The van der Waals surface area contributed by atoms with Gasteiger partial charge in [0.2, 0.25) is 5.91 Å². The molecule has 25 heavy (non-hydrogen) atoms. The lowest BCUT2D eigenvalue weighted by molar-refractivity contribution is -0.143. The predicted octanol–water partition coefficient (Wildman–Crippen LogP) is 2.99. The SMILES string of the molecule is Cc1ccc(-c2cc(CC3(C(=O)N(C)C)CCCN(C)C3)on2)cc1. The summed E-state index contributed by atoms with van der Waals surface area (Å²) in [7, 11) is 5.74. The van der Waals surface area contributed by atoms with Crippen molar-refractivity contribution in [1.29, 1.82) is 0 Å². The molecule has 1 unspecified atom stereocenters. The maximum Gasteiger partial charge on any atom is 0.230 e. The van der Waals surface area contributed by atoms with Crippen molar-refractivity contribution in [2.75, 3.05) is 34.2 Å². The fraction of sp³-hybridized carbons (Fsp3) is 0.500. The molecule has 5 heteroatoms. The average molecular weight is 341 g/mol. The molecule has 1 aliphatic heterocycles. The molecular weight excluding hydrogens is 314 g/mol. The number of carbonyl (C=O) groups is 1. The molecule has 1 atom stereocenters. The zero-order chi connectivity index (χ0) is 18.0. The van der Waals surface area contributed by atoms with Crippen LogP contribution in [0.2, 0.25) is 0 Å². The summed E-state index contributed by atoms with van der Waals surface area (Å²) in [4.78, 5) is 16.9. The molecule has 1 aromatic carbocycles. The van der Waals surface area contributed by atoms with Gasteiger partial charge < -0.3 is 14.3 Å². The number of rotatable bonds is 4. The highest BCUT2D eigenvalue weighted by Crippen LogP contribution is 2.35. The topological polar surface area (TPSA) is 49.6 Å². The number of carbonyl (C=O) groups excluding carboxylic acids is 1. The van der Waals surface area contributed by atoms with Gasteiger partial charge in [-0.1, -0.05) is 35.0 Å². The van der Waals surface area contributed by atoms with Gasteiger partial charge in [-0.2, -0.15) is 0 Å². The minimum absolute atomic E-state index is 0.173. The number of hydrogen-bond acceptors (Lipinski definition) is 4. The molecule has 1 aliphatic rings. The van der Waals surface area contributed by atoms with Crippen molar-refractivity contribution in [2.24, 2.45) is 5.41 Å². The van der Waals surface area contributed by atoms with Gasteiger partial charge in [0.05, 0.1) is 5.41 Å². The van der Waals surface area contributed by atoms with E-state index in [9.17, 15) is 4.79 Å². The van der Waals surface area contributed by atoms with Gasteiger partial charge in [-0.25, -0.2) is 0 Å². The molecule has 0 bridgehead atoms. The summed E-state index contributed by atoms with van der Waals surface area (Å²) in [5.74, 6) is 0.952. The van der Waals surface area contributed by atoms with E-state index >= 15 is 0 Å². The van der Waals surface area contributed by atoms with Crippen molar-refractivity contribution in [3.05, 3.63) is 41.7 Å². The molecule has 0 spiro atoms. The molecule has 0 aliphatic carbocycles. The number of amides is 1. The Morgan fingerprint density at radius 3 is 2.68 bits per heavy atom. The van der Waals surface area contributed by atoms with E-state index in [1.54, 1.807) is 4.90 Å². The first-order valence-electron chi connectivity index (χ1n) is 8.83. The van der Waals surface area contributed by atoms with Crippen LogP contribution in [0.15, 0.2) is 34.9 Å². The molecular formula is C20H27N3O2. The molecule has 2 aromatic rings. The van der Waals surface area contributed by atoms with Crippen molar-refractivity contribution >= 4 is 5.91 Å². The van der Waals surface area contributed by atoms with Crippen LogP contribution < -0.4 is 0 Å². The lowest BCUT2D eigenvalue weighted by Crippen LogP contribution is -2.51. The summed E-state index contributed by atoms with van der Waals surface area (Å²) in [5.41, 5.74) is 2.65. The van der Waals surface area contributed by atoms with Crippen LogP contribution in [0.1, 0.15) is 24.2 Å². The molecule has 134 valence electrons.